The summed E-state index contributed by atoms with van der Waals surface area (Å²) < 4.78 is 2.30. The average molecular weight is 424 g/mol. The number of nitrogens with one attached hydrogen (secondary N) is 2. The Morgan fingerprint density at radius 1 is 1.29 bits per heavy atom. The molecule has 0 aliphatic carbocycles. The first kappa shape index (κ1) is 23.2. The van der Waals surface area contributed by atoms with Crippen molar-refractivity contribution in [1.29, 1.82) is 5.26 Å². The van der Waals surface area contributed by atoms with Crippen molar-refractivity contribution in [2.45, 2.75) is 66.0 Å². The largest absolute Gasteiger partial charge is 0.329 e. The summed E-state index contributed by atoms with van der Waals surface area (Å²) in [4.78, 5) is 11.3. The van der Waals surface area contributed by atoms with Crippen LogP contribution in [0.25, 0.3) is 11.0 Å². The number of hydrazine groups is 1. The normalized spacial score (nSPS) is 15.8. The molecule has 2 N–H and O–H groups in total. The first-order valence-electron chi connectivity index (χ1n) is 11.5. The summed E-state index contributed by atoms with van der Waals surface area (Å²) in [7, 11) is 0. The molecule has 0 radical (unpaired) electrons. The second-order valence-electron chi connectivity index (χ2n) is 9.86. The first-order valence-corrected chi connectivity index (χ1v) is 11.5. The van der Waals surface area contributed by atoms with Crippen molar-refractivity contribution in [3.05, 3.63) is 36.6 Å². The van der Waals surface area contributed by atoms with Gasteiger partial charge in [-0.15, -0.1) is 0 Å². The molecule has 31 heavy (non-hydrogen) atoms. The highest BCUT2D eigenvalue weighted by Crippen LogP contribution is 2.27. The van der Waals surface area contributed by atoms with Gasteiger partial charge in [0.05, 0.1) is 0 Å². The van der Waals surface area contributed by atoms with Crippen LogP contribution < -0.4 is 10.9 Å². The van der Waals surface area contributed by atoms with Gasteiger partial charge in [0, 0.05) is 43.1 Å². The Morgan fingerprint density at radius 3 is 2.74 bits per heavy atom. The Morgan fingerprint density at radius 2 is 2.06 bits per heavy atom. The highest BCUT2D eigenvalue weighted by molar-refractivity contribution is 5.77. The molecule has 2 aromatic rings. The van der Waals surface area contributed by atoms with Crippen LogP contribution in [-0.4, -0.2) is 39.1 Å². The van der Waals surface area contributed by atoms with E-state index in [1.54, 1.807) is 12.4 Å². The van der Waals surface area contributed by atoms with Crippen LogP contribution in [-0.2, 0) is 13.1 Å². The molecule has 7 heteroatoms. The molecule has 0 bridgehead atoms. The number of rotatable bonds is 10. The minimum atomic E-state index is 0.126. The molecule has 7 nitrogen and oxygen atoms in total. The van der Waals surface area contributed by atoms with Gasteiger partial charge in [0.25, 0.3) is 0 Å². The highest BCUT2D eigenvalue weighted by Gasteiger charge is 2.23. The maximum Gasteiger partial charge on any atom is 0.234 e. The van der Waals surface area contributed by atoms with E-state index in [0.717, 1.165) is 49.7 Å². The number of hydrogen-bond donors (Lipinski definition) is 2. The Hall–Kier alpha value is -2.43. The number of nitriles is 1. The molecular weight excluding hydrogens is 386 g/mol. The van der Waals surface area contributed by atoms with Gasteiger partial charge >= 0.3 is 0 Å². The lowest BCUT2D eigenvalue weighted by atomic mass is 9.91. The number of likely N-dealkylation sites (tertiary alicyclic amines) is 1. The molecule has 3 rings (SSSR count). The Labute approximate surface area is 186 Å². The third-order valence-corrected chi connectivity index (χ3v) is 5.91. The Balaban J connectivity index is 1.59. The molecule has 0 unspecified atom stereocenters. The lowest BCUT2D eigenvalue weighted by molar-refractivity contribution is 0.166. The van der Waals surface area contributed by atoms with Gasteiger partial charge in [-0.2, -0.15) is 5.26 Å². The topological polar surface area (TPSA) is 81.8 Å². The third-order valence-electron chi connectivity index (χ3n) is 5.91. The van der Waals surface area contributed by atoms with Gasteiger partial charge < -0.3 is 9.99 Å². The van der Waals surface area contributed by atoms with Crippen LogP contribution in [0.2, 0.25) is 0 Å². The molecule has 0 aromatic carbocycles. The van der Waals surface area contributed by atoms with Crippen molar-refractivity contribution >= 4 is 11.0 Å². The fraction of sp³-hybridized carbons (Fsp3) is 0.625. The number of fused-ring (bicyclic) bond motifs is 1. The van der Waals surface area contributed by atoms with Crippen molar-refractivity contribution in [1.82, 2.24) is 30.3 Å². The van der Waals surface area contributed by atoms with E-state index in [2.05, 4.69) is 69.8 Å². The quantitative estimate of drug-likeness (QED) is 0.444. The van der Waals surface area contributed by atoms with E-state index in [1.165, 1.54) is 37.8 Å². The third kappa shape index (κ3) is 6.78. The summed E-state index contributed by atoms with van der Waals surface area (Å²) >= 11 is 0. The molecule has 0 amide bonds. The van der Waals surface area contributed by atoms with Crippen LogP contribution in [0.3, 0.4) is 0 Å². The van der Waals surface area contributed by atoms with Gasteiger partial charge in [-0.05, 0) is 49.8 Å². The SMILES string of the molecule is C=CNNCCCCC1CCN(Cc2cc3cnc(C#N)nc3n2CC(C)(C)C)CC1. The number of unbranched alkanes of at least 4 members (excludes halogenated alkanes) is 1. The van der Waals surface area contributed by atoms with Crippen LogP contribution in [0.1, 0.15) is 64.4 Å². The molecular formula is C24H37N7. The van der Waals surface area contributed by atoms with Gasteiger partial charge in [0.2, 0.25) is 5.82 Å². The predicted molar refractivity (Wildman–Crippen MR) is 125 cm³/mol. The van der Waals surface area contributed by atoms with Crippen LogP contribution in [0.15, 0.2) is 25.0 Å². The minimum absolute atomic E-state index is 0.126. The van der Waals surface area contributed by atoms with Crippen molar-refractivity contribution in [3.63, 3.8) is 0 Å². The lowest BCUT2D eigenvalue weighted by Gasteiger charge is -2.32. The standard InChI is InChI=1S/C24H37N7/c1-5-27-28-11-7-6-8-19-9-12-30(13-10-19)17-21-14-20-16-26-22(15-25)29-23(20)31(21)18-24(2,3)4/h5,14,16,19,27-28H,1,6-13,17-18H2,2-4H3. The van der Waals surface area contributed by atoms with Crippen molar-refractivity contribution < 1.29 is 0 Å². The van der Waals surface area contributed by atoms with Gasteiger partial charge in [0.15, 0.2) is 0 Å². The van der Waals surface area contributed by atoms with Crippen LogP contribution in [0, 0.1) is 22.7 Å². The zero-order chi connectivity index (χ0) is 22.3. The van der Waals surface area contributed by atoms with Crippen molar-refractivity contribution in [2.24, 2.45) is 11.3 Å². The van der Waals surface area contributed by atoms with Gasteiger partial charge in [0.1, 0.15) is 11.7 Å². The summed E-state index contributed by atoms with van der Waals surface area (Å²) in [6.07, 6.45) is 9.80. The van der Waals surface area contributed by atoms with Gasteiger partial charge in [-0.3, -0.25) is 4.90 Å². The number of nitrogens with zero attached hydrogens (tertiary/aromatic N) is 5. The fourth-order valence-electron chi connectivity index (χ4n) is 4.38. The van der Waals surface area contributed by atoms with E-state index in [9.17, 15) is 5.26 Å². The summed E-state index contributed by atoms with van der Waals surface area (Å²) in [6, 6.07) is 4.28. The molecule has 1 aliphatic heterocycles. The zero-order valence-electron chi connectivity index (χ0n) is 19.3. The Bertz CT molecular complexity index is 895. The van der Waals surface area contributed by atoms with Gasteiger partial charge in [-0.1, -0.05) is 40.2 Å². The molecule has 1 aliphatic rings. The molecule has 2 aromatic heterocycles. The van der Waals surface area contributed by atoms with Crippen LogP contribution in [0.4, 0.5) is 0 Å². The number of hydrogen-bond acceptors (Lipinski definition) is 6. The maximum absolute atomic E-state index is 9.23. The predicted octanol–water partition coefficient (Wildman–Crippen LogP) is 3.97. The zero-order valence-corrected chi connectivity index (χ0v) is 19.3. The average Bonchev–Trinajstić information content (AvgIpc) is 3.06. The number of piperidine rings is 1. The van der Waals surface area contributed by atoms with Crippen LogP contribution >= 0.6 is 0 Å². The van der Waals surface area contributed by atoms with E-state index >= 15 is 0 Å². The first-order chi connectivity index (χ1) is 14.9. The molecule has 0 atom stereocenters. The van der Waals surface area contributed by atoms with E-state index in [0.29, 0.717) is 0 Å². The summed E-state index contributed by atoms with van der Waals surface area (Å²) in [6.45, 7) is 15.4. The van der Waals surface area contributed by atoms with Crippen LogP contribution in [0.5, 0.6) is 0 Å². The minimum Gasteiger partial charge on any atom is -0.329 e. The summed E-state index contributed by atoms with van der Waals surface area (Å²) in [5.74, 6) is 1.08. The maximum atomic E-state index is 9.23. The van der Waals surface area contributed by atoms with E-state index < -0.39 is 0 Å². The Kier molecular flexibility index (Phi) is 8.05. The second-order valence-corrected chi connectivity index (χ2v) is 9.86. The summed E-state index contributed by atoms with van der Waals surface area (Å²) in [5, 5.41) is 10.2. The number of aromatic nitrogens is 3. The molecule has 168 valence electrons. The van der Waals surface area contributed by atoms with Crippen molar-refractivity contribution in [2.75, 3.05) is 19.6 Å². The lowest BCUT2D eigenvalue weighted by Crippen LogP contribution is -2.34. The molecule has 0 saturated carbocycles. The van der Waals surface area contributed by atoms with E-state index in [1.807, 2.05) is 0 Å². The second kappa shape index (κ2) is 10.7. The highest BCUT2D eigenvalue weighted by atomic mass is 15.3. The molecule has 1 saturated heterocycles. The molecule has 0 spiro atoms. The fourth-order valence-corrected chi connectivity index (χ4v) is 4.38. The van der Waals surface area contributed by atoms with E-state index in [-0.39, 0.29) is 11.2 Å². The monoisotopic (exact) mass is 423 g/mol. The van der Waals surface area contributed by atoms with E-state index in [4.69, 9.17) is 0 Å². The summed E-state index contributed by atoms with van der Waals surface area (Å²) in [5.41, 5.74) is 8.35. The van der Waals surface area contributed by atoms with Crippen molar-refractivity contribution in [3.8, 4) is 6.07 Å². The molecule has 1 fully saturated rings. The smallest absolute Gasteiger partial charge is 0.234 e. The molecule has 3 heterocycles. The van der Waals surface area contributed by atoms with Gasteiger partial charge in [-0.25, -0.2) is 15.4 Å².